The van der Waals surface area contributed by atoms with Gasteiger partial charge in [0.2, 0.25) is 0 Å². The molecular weight excluding hydrogens is 264 g/mol. The van der Waals surface area contributed by atoms with Gasteiger partial charge in [0.25, 0.3) is 0 Å². The molecule has 1 aromatic carbocycles. The van der Waals surface area contributed by atoms with E-state index >= 15 is 0 Å². The van der Waals surface area contributed by atoms with E-state index in [1.807, 2.05) is 12.1 Å². The van der Waals surface area contributed by atoms with Crippen LogP contribution in [0, 0.1) is 0 Å². The Balaban J connectivity index is 2.11. The predicted octanol–water partition coefficient (Wildman–Crippen LogP) is 2.58. The Bertz CT molecular complexity index is 415. The van der Waals surface area contributed by atoms with Crippen molar-refractivity contribution >= 4 is 0 Å². The minimum atomic E-state index is 0.116. The first kappa shape index (κ1) is 16.3. The first-order valence-electron chi connectivity index (χ1n) is 7.87. The number of nitrogens with two attached hydrogens (primary N) is 1. The highest BCUT2D eigenvalue weighted by Gasteiger charge is 2.26. The van der Waals surface area contributed by atoms with Gasteiger partial charge in [-0.3, -0.25) is 4.90 Å². The van der Waals surface area contributed by atoms with Crippen molar-refractivity contribution in [1.29, 1.82) is 0 Å². The molecule has 1 fully saturated rings. The number of nitrogens with zero attached hydrogens (tertiary/aromatic N) is 1. The molecule has 0 amide bonds. The Labute approximate surface area is 128 Å². The molecule has 21 heavy (non-hydrogen) atoms. The summed E-state index contributed by atoms with van der Waals surface area (Å²) in [7, 11) is 3.83. The second-order valence-corrected chi connectivity index (χ2v) is 5.86. The third-order valence-corrected chi connectivity index (χ3v) is 4.32. The molecule has 3 atom stereocenters. The highest BCUT2D eigenvalue weighted by molar-refractivity contribution is 5.30. The number of methoxy groups -OCH3 is 1. The SMILES string of the molecule is CCC(N)C(c1ccc(OC)cc1)N(C)CC1CCCO1. The molecule has 1 aliphatic heterocycles. The maximum atomic E-state index is 6.38. The Kier molecular flexibility index (Phi) is 6.03. The summed E-state index contributed by atoms with van der Waals surface area (Å²) in [5, 5.41) is 0. The predicted molar refractivity (Wildman–Crippen MR) is 85.6 cm³/mol. The van der Waals surface area contributed by atoms with Gasteiger partial charge in [0.05, 0.1) is 13.2 Å². The van der Waals surface area contributed by atoms with Crippen LogP contribution in [-0.4, -0.2) is 44.4 Å². The monoisotopic (exact) mass is 292 g/mol. The summed E-state index contributed by atoms with van der Waals surface area (Å²) in [6.07, 6.45) is 3.62. The van der Waals surface area contributed by atoms with E-state index in [0.29, 0.717) is 6.10 Å². The van der Waals surface area contributed by atoms with E-state index in [0.717, 1.165) is 31.7 Å². The molecule has 0 radical (unpaired) electrons. The minimum Gasteiger partial charge on any atom is -0.497 e. The number of hydrogen-bond acceptors (Lipinski definition) is 4. The summed E-state index contributed by atoms with van der Waals surface area (Å²) in [4.78, 5) is 2.34. The third-order valence-electron chi connectivity index (χ3n) is 4.32. The molecule has 4 nitrogen and oxygen atoms in total. The van der Waals surface area contributed by atoms with Gasteiger partial charge in [-0.1, -0.05) is 19.1 Å². The number of hydrogen-bond donors (Lipinski definition) is 1. The standard InChI is InChI=1S/C17H28N2O2/c1-4-16(18)17(13-7-9-14(20-3)10-8-13)19(2)12-15-6-5-11-21-15/h7-10,15-17H,4-6,11-12,18H2,1-3H3. The fraction of sp³-hybridized carbons (Fsp3) is 0.647. The minimum absolute atomic E-state index is 0.116. The highest BCUT2D eigenvalue weighted by Crippen LogP contribution is 2.27. The van der Waals surface area contributed by atoms with E-state index in [1.54, 1.807) is 7.11 Å². The molecule has 0 aromatic heterocycles. The van der Waals surface area contributed by atoms with Crippen molar-refractivity contribution in [1.82, 2.24) is 4.90 Å². The smallest absolute Gasteiger partial charge is 0.118 e. The second-order valence-electron chi connectivity index (χ2n) is 5.86. The summed E-state index contributed by atoms with van der Waals surface area (Å²) in [5.74, 6) is 0.879. The largest absolute Gasteiger partial charge is 0.497 e. The van der Waals surface area contributed by atoms with E-state index in [-0.39, 0.29) is 12.1 Å². The zero-order valence-corrected chi connectivity index (χ0v) is 13.4. The van der Waals surface area contributed by atoms with Gasteiger partial charge in [0, 0.05) is 25.2 Å². The lowest BCUT2D eigenvalue weighted by Crippen LogP contribution is -2.41. The van der Waals surface area contributed by atoms with Crippen molar-refractivity contribution in [2.45, 2.75) is 44.4 Å². The average Bonchev–Trinajstić information content (AvgIpc) is 3.00. The van der Waals surface area contributed by atoms with Gasteiger partial charge in [0.15, 0.2) is 0 Å². The van der Waals surface area contributed by atoms with Crippen LogP contribution in [0.2, 0.25) is 0 Å². The van der Waals surface area contributed by atoms with Gasteiger partial charge in [-0.2, -0.15) is 0 Å². The maximum absolute atomic E-state index is 6.38. The molecule has 3 unspecified atom stereocenters. The first-order valence-corrected chi connectivity index (χ1v) is 7.87. The number of ether oxygens (including phenoxy) is 2. The van der Waals surface area contributed by atoms with Crippen molar-refractivity contribution in [2.75, 3.05) is 27.3 Å². The van der Waals surface area contributed by atoms with Crippen LogP contribution in [0.4, 0.5) is 0 Å². The lowest BCUT2D eigenvalue weighted by Gasteiger charge is -2.34. The molecule has 2 rings (SSSR count). The van der Waals surface area contributed by atoms with Gasteiger partial charge in [0.1, 0.15) is 5.75 Å². The van der Waals surface area contributed by atoms with E-state index in [1.165, 1.54) is 12.0 Å². The summed E-state index contributed by atoms with van der Waals surface area (Å²) >= 11 is 0. The molecule has 0 aliphatic carbocycles. The first-order chi connectivity index (χ1) is 10.2. The highest BCUT2D eigenvalue weighted by atomic mass is 16.5. The van der Waals surface area contributed by atoms with E-state index < -0.39 is 0 Å². The lowest BCUT2D eigenvalue weighted by atomic mass is 9.96. The van der Waals surface area contributed by atoms with E-state index in [2.05, 4.69) is 31.0 Å². The van der Waals surface area contributed by atoms with Gasteiger partial charge in [-0.05, 0) is 44.0 Å². The van der Waals surface area contributed by atoms with Crippen LogP contribution < -0.4 is 10.5 Å². The maximum Gasteiger partial charge on any atom is 0.118 e. The van der Waals surface area contributed by atoms with Crippen LogP contribution in [0.5, 0.6) is 5.75 Å². The second kappa shape index (κ2) is 7.78. The third kappa shape index (κ3) is 4.19. The molecule has 1 saturated heterocycles. The van der Waals surface area contributed by atoms with Crippen LogP contribution >= 0.6 is 0 Å². The Morgan fingerprint density at radius 2 is 2.10 bits per heavy atom. The molecule has 1 aromatic rings. The van der Waals surface area contributed by atoms with Crippen molar-refractivity contribution in [2.24, 2.45) is 5.73 Å². The zero-order valence-electron chi connectivity index (χ0n) is 13.4. The molecule has 4 heteroatoms. The summed E-state index contributed by atoms with van der Waals surface area (Å²) < 4.78 is 11.0. The molecular formula is C17H28N2O2. The summed E-state index contributed by atoms with van der Waals surface area (Å²) in [6.45, 7) is 3.97. The average molecular weight is 292 g/mol. The molecule has 0 bridgehead atoms. The molecule has 118 valence electrons. The van der Waals surface area contributed by atoms with Crippen molar-refractivity contribution in [3.8, 4) is 5.75 Å². The Hall–Kier alpha value is -1.10. The normalized spacial score (nSPS) is 21.5. The van der Waals surface area contributed by atoms with Crippen LogP contribution in [-0.2, 0) is 4.74 Å². The van der Waals surface area contributed by atoms with Crippen LogP contribution in [0.25, 0.3) is 0 Å². The number of benzene rings is 1. The quantitative estimate of drug-likeness (QED) is 0.839. The fourth-order valence-corrected chi connectivity index (χ4v) is 3.08. The summed E-state index contributed by atoms with van der Waals surface area (Å²) in [6, 6.07) is 8.57. The summed E-state index contributed by atoms with van der Waals surface area (Å²) in [5.41, 5.74) is 7.62. The number of rotatable bonds is 7. The zero-order chi connectivity index (χ0) is 15.2. The van der Waals surface area contributed by atoms with Crippen LogP contribution in [0.1, 0.15) is 37.8 Å². The Morgan fingerprint density at radius 1 is 1.38 bits per heavy atom. The van der Waals surface area contributed by atoms with Crippen molar-refractivity contribution < 1.29 is 9.47 Å². The van der Waals surface area contributed by atoms with Gasteiger partial charge < -0.3 is 15.2 Å². The van der Waals surface area contributed by atoms with Gasteiger partial charge in [-0.25, -0.2) is 0 Å². The molecule has 2 N–H and O–H groups in total. The molecule has 0 spiro atoms. The van der Waals surface area contributed by atoms with Gasteiger partial charge >= 0.3 is 0 Å². The molecule has 0 saturated carbocycles. The van der Waals surface area contributed by atoms with Gasteiger partial charge in [-0.15, -0.1) is 0 Å². The topological polar surface area (TPSA) is 47.7 Å². The fourth-order valence-electron chi connectivity index (χ4n) is 3.08. The van der Waals surface area contributed by atoms with Crippen molar-refractivity contribution in [3.63, 3.8) is 0 Å². The van der Waals surface area contributed by atoms with E-state index in [4.69, 9.17) is 15.2 Å². The molecule has 1 aliphatic rings. The number of likely N-dealkylation sites (N-methyl/N-ethyl adjacent to an activating group) is 1. The Morgan fingerprint density at radius 3 is 2.62 bits per heavy atom. The lowest BCUT2D eigenvalue weighted by molar-refractivity contribution is 0.0628. The molecule has 1 heterocycles. The van der Waals surface area contributed by atoms with E-state index in [9.17, 15) is 0 Å². The van der Waals surface area contributed by atoms with Crippen molar-refractivity contribution in [3.05, 3.63) is 29.8 Å². The van der Waals surface area contributed by atoms with Crippen LogP contribution in [0.15, 0.2) is 24.3 Å². The van der Waals surface area contributed by atoms with Crippen LogP contribution in [0.3, 0.4) is 0 Å².